The van der Waals surface area contributed by atoms with Gasteiger partial charge in [0.25, 0.3) is 0 Å². The third-order valence-corrected chi connectivity index (χ3v) is 4.10. The molecule has 3 rings (SSSR count). The van der Waals surface area contributed by atoms with E-state index in [4.69, 9.17) is 9.47 Å². The van der Waals surface area contributed by atoms with Gasteiger partial charge in [0.15, 0.2) is 0 Å². The number of benzene rings is 1. The van der Waals surface area contributed by atoms with Crippen molar-refractivity contribution in [1.29, 1.82) is 0 Å². The number of nitrogens with one attached hydrogen (secondary N) is 1. The SMILES string of the molecule is CCNC(C1=CCCCO1)C1CCOc2ccccc21. The summed E-state index contributed by atoms with van der Waals surface area (Å²) in [5.74, 6) is 2.59. The summed E-state index contributed by atoms with van der Waals surface area (Å²) >= 11 is 0. The fourth-order valence-electron chi connectivity index (χ4n) is 3.17. The van der Waals surface area contributed by atoms with Gasteiger partial charge in [-0.3, -0.25) is 0 Å². The first-order valence-corrected chi connectivity index (χ1v) is 7.68. The highest BCUT2D eigenvalue weighted by atomic mass is 16.5. The summed E-state index contributed by atoms with van der Waals surface area (Å²) in [5.41, 5.74) is 1.31. The molecule has 3 heteroatoms. The minimum Gasteiger partial charge on any atom is -0.497 e. The number of fused-ring (bicyclic) bond motifs is 1. The first-order valence-electron chi connectivity index (χ1n) is 7.68. The zero-order chi connectivity index (χ0) is 13.8. The van der Waals surface area contributed by atoms with Crippen molar-refractivity contribution in [2.45, 2.75) is 38.1 Å². The largest absolute Gasteiger partial charge is 0.497 e. The molecule has 2 aliphatic heterocycles. The van der Waals surface area contributed by atoms with E-state index in [-0.39, 0.29) is 6.04 Å². The molecule has 1 aromatic rings. The van der Waals surface area contributed by atoms with E-state index in [1.807, 2.05) is 6.07 Å². The first kappa shape index (κ1) is 13.5. The number of allylic oxidation sites excluding steroid dienone is 1. The molecule has 0 bridgehead atoms. The van der Waals surface area contributed by atoms with Gasteiger partial charge < -0.3 is 14.8 Å². The molecule has 0 spiro atoms. The molecule has 0 saturated carbocycles. The minimum atomic E-state index is 0.269. The van der Waals surface area contributed by atoms with Gasteiger partial charge in [0.2, 0.25) is 0 Å². The van der Waals surface area contributed by atoms with Crippen LogP contribution in [0.2, 0.25) is 0 Å². The van der Waals surface area contributed by atoms with Crippen LogP contribution in [0, 0.1) is 0 Å². The van der Waals surface area contributed by atoms with Gasteiger partial charge in [0.05, 0.1) is 19.3 Å². The summed E-state index contributed by atoms with van der Waals surface area (Å²) in [7, 11) is 0. The predicted octanol–water partition coefficient (Wildman–Crippen LogP) is 3.23. The summed E-state index contributed by atoms with van der Waals surface area (Å²) in [6.07, 6.45) is 5.55. The Hall–Kier alpha value is -1.48. The number of hydrogen-bond acceptors (Lipinski definition) is 3. The van der Waals surface area contributed by atoms with Crippen molar-refractivity contribution in [3.8, 4) is 5.75 Å². The van der Waals surface area contributed by atoms with Crippen molar-refractivity contribution >= 4 is 0 Å². The number of likely N-dealkylation sites (N-methyl/N-ethyl adjacent to an activating group) is 1. The lowest BCUT2D eigenvalue weighted by atomic mass is 9.85. The summed E-state index contributed by atoms with van der Waals surface area (Å²) in [6, 6.07) is 8.66. The van der Waals surface area contributed by atoms with Gasteiger partial charge >= 0.3 is 0 Å². The molecule has 1 N–H and O–H groups in total. The van der Waals surface area contributed by atoms with E-state index in [1.54, 1.807) is 0 Å². The third-order valence-electron chi connectivity index (χ3n) is 4.10. The second-order valence-electron chi connectivity index (χ2n) is 5.41. The van der Waals surface area contributed by atoms with Crippen LogP contribution < -0.4 is 10.1 Å². The highest BCUT2D eigenvalue weighted by molar-refractivity contribution is 5.40. The lowest BCUT2D eigenvalue weighted by Gasteiger charge is -2.34. The van der Waals surface area contributed by atoms with Gasteiger partial charge in [-0.1, -0.05) is 25.1 Å². The van der Waals surface area contributed by atoms with E-state index in [2.05, 4.69) is 36.5 Å². The Morgan fingerprint density at radius 2 is 2.15 bits per heavy atom. The van der Waals surface area contributed by atoms with Crippen molar-refractivity contribution in [2.24, 2.45) is 0 Å². The van der Waals surface area contributed by atoms with Gasteiger partial charge in [0, 0.05) is 5.92 Å². The standard InChI is InChI=1S/C17H23NO2/c1-2-18-17(16-9-5-6-11-19-16)14-10-12-20-15-8-4-3-7-13(14)15/h3-4,7-9,14,17-18H,2,5-6,10-12H2,1H3. The quantitative estimate of drug-likeness (QED) is 0.913. The Bertz CT molecular complexity index is 484. The van der Waals surface area contributed by atoms with E-state index in [1.165, 1.54) is 5.56 Å². The topological polar surface area (TPSA) is 30.5 Å². The van der Waals surface area contributed by atoms with Gasteiger partial charge in [-0.2, -0.15) is 0 Å². The van der Waals surface area contributed by atoms with Gasteiger partial charge in [-0.15, -0.1) is 0 Å². The molecular weight excluding hydrogens is 250 g/mol. The molecule has 0 aliphatic carbocycles. The van der Waals surface area contributed by atoms with Crippen molar-refractivity contribution in [1.82, 2.24) is 5.32 Å². The highest BCUT2D eigenvalue weighted by Crippen LogP contribution is 2.38. The minimum absolute atomic E-state index is 0.269. The Balaban J connectivity index is 1.90. The van der Waals surface area contributed by atoms with Gasteiger partial charge in [0.1, 0.15) is 11.5 Å². The molecule has 0 saturated heterocycles. The smallest absolute Gasteiger partial charge is 0.122 e. The van der Waals surface area contributed by atoms with Crippen molar-refractivity contribution in [2.75, 3.05) is 19.8 Å². The molecule has 2 atom stereocenters. The summed E-state index contributed by atoms with van der Waals surface area (Å²) in [5, 5.41) is 3.61. The lowest BCUT2D eigenvalue weighted by molar-refractivity contribution is 0.151. The molecule has 0 amide bonds. The second kappa shape index (κ2) is 6.31. The normalized spacial score (nSPS) is 23.1. The average Bonchev–Trinajstić information content (AvgIpc) is 2.53. The molecule has 0 radical (unpaired) electrons. The Morgan fingerprint density at radius 1 is 1.25 bits per heavy atom. The summed E-state index contributed by atoms with van der Waals surface area (Å²) in [6.45, 7) is 4.74. The Labute approximate surface area is 121 Å². The molecule has 2 heterocycles. The number of rotatable bonds is 4. The molecular formula is C17H23NO2. The molecule has 108 valence electrons. The van der Waals surface area contributed by atoms with Gasteiger partial charge in [-0.05, 0) is 43.5 Å². The van der Waals surface area contributed by atoms with Crippen LogP contribution in [-0.2, 0) is 4.74 Å². The number of hydrogen-bond donors (Lipinski definition) is 1. The fraction of sp³-hybridized carbons (Fsp3) is 0.529. The molecule has 0 fully saturated rings. The Kier molecular flexibility index (Phi) is 4.26. The van der Waals surface area contributed by atoms with E-state index in [0.717, 1.165) is 50.5 Å². The van der Waals surface area contributed by atoms with E-state index in [9.17, 15) is 0 Å². The summed E-state index contributed by atoms with van der Waals surface area (Å²) < 4.78 is 11.7. The van der Waals surface area contributed by atoms with Crippen molar-refractivity contribution < 1.29 is 9.47 Å². The van der Waals surface area contributed by atoms with Crippen molar-refractivity contribution in [3.05, 3.63) is 41.7 Å². The number of ether oxygens (including phenoxy) is 2. The summed E-state index contributed by atoms with van der Waals surface area (Å²) in [4.78, 5) is 0. The zero-order valence-corrected chi connectivity index (χ0v) is 12.1. The van der Waals surface area contributed by atoms with Crippen LogP contribution in [0.3, 0.4) is 0 Å². The van der Waals surface area contributed by atoms with Gasteiger partial charge in [-0.25, -0.2) is 0 Å². The maximum Gasteiger partial charge on any atom is 0.122 e. The first-order chi connectivity index (χ1) is 9.90. The van der Waals surface area contributed by atoms with Crippen LogP contribution in [0.25, 0.3) is 0 Å². The Morgan fingerprint density at radius 3 is 2.95 bits per heavy atom. The molecule has 1 aromatic carbocycles. The molecule has 0 aromatic heterocycles. The third kappa shape index (κ3) is 2.68. The van der Waals surface area contributed by atoms with Crippen LogP contribution in [0.4, 0.5) is 0 Å². The van der Waals surface area contributed by atoms with Crippen LogP contribution in [0.15, 0.2) is 36.1 Å². The average molecular weight is 273 g/mol. The van der Waals surface area contributed by atoms with E-state index >= 15 is 0 Å². The lowest BCUT2D eigenvalue weighted by Crippen LogP contribution is -2.40. The highest BCUT2D eigenvalue weighted by Gasteiger charge is 2.32. The van der Waals surface area contributed by atoms with Crippen LogP contribution >= 0.6 is 0 Å². The maximum absolute atomic E-state index is 5.92. The zero-order valence-electron chi connectivity index (χ0n) is 12.1. The number of para-hydroxylation sites is 1. The van der Waals surface area contributed by atoms with E-state index in [0.29, 0.717) is 5.92 Å². The van der Waals surface area contributed by atoms with Crippen molar-refractivity contribution in [3.63, 3.8) is 0 Å². The van der Waals surface area contributed by atoms with Crippen LogP contribution in [-0.4, -0.2) is 25.8 Å². The van der Waals surface area contributed by atoms with Crippen LogP contribution in [0.5, 0.6) is 5.75 Å². The maximum atomic E-state index is 5.92. The second-order valence-corrected chi connectivity index (χ2v) is 5.41. The van der Waals surface area contributed by atoms with E-state index < -0.39 is 0 Å². The monoisotopic (exact) mass is 273 g/mol. The fourth-order valence-corrected chi connectivity index (χ4v) is 3.17. The molecule has 2 aliphatic rings. The predicted molar refractivity (Wildman–Crippen MR) is 80.0 cm³/mol. The molecule has 20 heavy (non-hydrogen) atoms. The van der Waals surface area contributed by atoms with Crippen LogP contribution in [0.1, 0.15) is 37.7 Å². The molecule has 2 unspecified atom stereocenters. The molecule has 3 nitrogen and oxygen atoms in total.